The Labute approximate surface area is 326 Å². The van der Waals surface area contributed by atoms with Gasteiger partial charge in [0.05, 0.1) is 12.2 Å². The van der Waals surface area contributed by atoms with Gasteiger partial charge in [-0.3, -0.25) is 33.6 Å². The Morgan fingerprint density at radius 3 is 1.81 bits per heavy atom. The van der Waals surface area contributed by atoms with Gasteiger partial charge >= 0.3 is 47.8 Å². The molecule has 0 radical (unpaired) electrons. The van der Waals surface area contributed by atoms with E-state index in [0.717, 1.165) is 60.8 Å². The van der Waals surface area contributed by atoms with Crippen LogP contribution in [0.4, 0.5) is 0 Å². The van der Waals surface area contributed by atoms with Crippen LogP contribution in [0.3, 0.4) is 0 Å². The van der Waals surface area contributed by atoms with Crippen molar-refractivity contribution in [2.45, 2.75) is 103 Å². The van der Waals surface area contributed by atoms with Gasteiger partial charge in [-0.15, -0.1) is 0 Å². The molecule has 1 aliphatic carbocycles. The molecule has 4 rings (SSSR count). The van der Waals surface area contributed by atoms with E-state index in [1.807, 2.05) is 0 Å². The number of benzene rings is 1. The molecular formula is C38H44O19. The number of fused-ring (bicyclic) bond motifs is 1. The molecule has 0 N–H and O–H groups in total. The Balaban J connectivity index is 1.84. The largest absolute Gasteiger partial charge is 0.472 e. The summed E-state index contributed by atoms with van der Waals surface area (Å²) in [7, 11) is 0. The van der Waals surface area contributed by atoms with E-state index in [4.69, 9.17) is 52.1 Å². The minimum Gasteiger partial charge on any atom is -0.472 e. The van der Waals surface area contributed by atoms with Gasteiger partial charge in [-0.2, -0.15) is 0 Å². The highest BCUT2D eigenvalue weighted by molar-refractivity contribution is 5.87. The van der Waals surface area contributed by atoms with Gasteiger partial charge in [0.15, 0.2) is 30.0 Å². The molecule has 1 aromatic carbocycles. The Hall–Kier alpha value is -5.82. The summed E-state index contributed by atoms with van der Waals surface area (Å²) in [5, 5.41) is 0. The lowest BCUT2D eigenvalue weighted by Gasteiger charge is -2.46. The lowest BCUT2D eigenvalue weighted by molar-refractivity contribution is -0.350. The highest BCUT2D eigenvalue weighted by Crippen LogP contribution is 2.52. The molecule has 0 amide bonds. The summed E-state index contributed by atoms with van der Waals surface area (Å²) in [5.74, 6) is -9.50. The summed E-state index contributed by atoms with van der Waals surface area (Å²) < 4.78 is 62.9. The van der Waals surface area contributed by atoms with Crippen molar-refractivity contribution in [3.63, 3.8) is 0 Å². The molecule has 0 spiro atoms. The van der Waals surface area contributed by atoms with Gasteiger partial charge in [0, 0.05) is 60.5 Å². The van der Waals surface area contributed by atoms with Crippen LogP contribution in [-0.2, 0) is 90.5 Å². The van der Waals surface area contributed by atoms with Gasteiger partial charge in [-0.05, 0) is 17.7 Å². The molecule has 57 heavy (non-hydrogen) atoms. The number of hydrogen-bond acceptors (Lipinski definition) is 19. The van der Waals surface area contributed by atoms with E-state index in [1.165, 1.54) is 12.2 Å². The smallest absolute Gasteiger partial charge is 0.330 e. The third-order valence-electron chi connectivity index (χ3n) is 8.74. The van der Waals surface area contributed by atoms with Crippen LogP contribution in [-0.4, -0.2) is 116 Å². The van der Waals surface area contributed by atoms with Gasteiger partial charge in [-0.25, -0.2) is 4.79 Å². The average Bonchev–Trinajstić information content (AvgIpc) is 3.35. The van der Waals surface area contributed by atoms with E-state index in [-0.39, 0.29) is 0 Å². The molecule has 19 heteroatoms. The number of hydrogen-bond donors (Lipinski definition) is 0. The van der Waals surface area contributed by atoms with E-state index in [2.05, 4.69) is 0 Å². The van der Waals surface area contributed by atoms with Crippen molar-refractivity contribution >= 4 is 53.8 Å². The Bertz CT molecular complexity index is 1740. The predicted octanol–water partition coefficient (Wildman–Crippen LogP) is 1.62. The minimum absolute atomic E-state index is 0.581. The molecule has 3 aliphatic rings. The maximum Gasteiger partial charge on any atom is 0.330 e. The van der Waals surface area contributed by atoms with E-state index >= 15 is 0 Å². The zero-order valence-electron chi connectivity index (χ0n) is 32.1. The van der Waals surface area contributed by atoms with Gasteiger partial charge in [0.25, 0.3) is 0 Å². The molecule has 2 heterocycles. The second-order valence-corrected chi connectivity index (χ2v) is 13.1. The standard InChI is InChI=1S/C38H44O19/c1-19(39)48-17-28-32(51-21(3)41)33(52-22(4)42)34(53-23(5)43)37(55-28)56-36-30-27(15-16-47-36)31(50-20(2)40)35(54-24(6)44)38(30,57-25(7)45)18-49-29(46)14-13-26-11-9-8-10-12-26/h8-16,27-28,30-37H,17-18H2,1-7H3/b14-13+/t27-,28-,30-,31+,32-,33+,34-,35+,36+,37+,38+/m1/s1. The van der Waals surface area contributed by atoms with Crippen LogP contribution >= 0.6 is 0 Å². The summed E-state index contributed by atoms with van der Waals surface area (Å²) in [6.07, 6.45) is -7.72. The van der Waals surface area contributed by atoms with Gasteiger partial charge < -0.3 is 52.1 Å². The lowest BCUT2D eigenvalue weighted by atomic mass is 9.83. The Morgan fingerprint density at radius 2 is 1.23 bits per heavy atom. The average molecular weight is 805 g/mol. The van der Waals surface area contributed by atoms with Crippen LogP contribution in [0.5, 0.6) is 0 Å². The first-order valence-corrected chi connectivity index (χ1v) is 17.6. The van der Waals surface area contributed by atoms with Crippen molar-refractivity contribution in [1.82, 2.24) is 0 Å². The van der Waals surface area contributed by atoms with Gasteiger partial charge in [0.2, 0.25) is 12.6 Å². The molecule has 310 valence electrons. The summed E-state index contributed by atoms with van der Waals surface area (Å²) in [6.45, 7) is 5.99. The molecule has 11 atom stereocenters. The van der Waals surface area contributed by atoms with Gasteiger partial charge in [0.1, 0.15) is 25.4 Å². The number of carbonyl (C=O) groups is 8. The molecule has 0 unspecified atom stereocenters. The quantitative estimate of drug-likeness (QED) is 0.147. The van der Waals surface area contributed by atoms with Crippen molar-refractivity contribution in [2.75, 3.05) is 13.2 Å². The maximum absolute atomic E-state index is 13.2. The molecule has 0 aromatic heterocycles. The van der Waals surface area contributed by atoms with Crippen molar-refractivity contribution in [1.29, 1.82) is 0 Å². The van der Waals surface area contributed by atoms with Crippen molar-refractivity contribution in [2.24, 2.45) is 11.8 Å². The number of esters is 8. The van der Waals surface area contributed by atoms with Crippen LogP contribution in [0, 0.1) is 11.8 Å². The third kappa shape index (κ3) is 11.4. The monoisotopic (exact) mass is 804 g/mol. The highest BCUT2D eigenvalue weighted by atomic mass is 16.8. The number of rotatable bonds is 14. The SMILES string of the molecule is CC(=O)OC[C@H]1O[C@@H](O[C@@H]2OC=C[C@H]3[C@H](OC(C)=O)[C@H](OC(C)=O)[C@@](COC(=O)/C=C/c4ccccc4)(OC(C)=O)[C@@H]23)[C@H](OC(C)=O)[C@@H](OC(C)=O)[C@@H]1OC(C)=O. The van der Waals surface area contributed by atoms with Crippen LogP contribution in [0.2, 0.25) is 0 Å². The topological polar surface area (TPSA) is 238 Å². The van der Waals surface area contributed by atoms with E-state index < -0.39 is 128 Å². The molecule has 2 aliphatic heterocycles. The zero-order valence-corrected chi connectivity index (χ0v) is 32.1. The van der Waals surface area contributed by atoms with Crippen LogP contribution in [0.1, 0.15) is 54.0 Å². The van der Waals surface area contributed by atoms with Crippen molar-refractivity contribution < 1.29 is 90.5 Å². The summed E-state index contributed by atoms with van der Waals surface area (Å²) in [4.78, 5) is 100. The fourth-order valence-corrected chi connectivity index (χ4v) is 6.93. The van der Waals surface area contributed by atoms with Crippen molar-refractivity contribution in [3.8, 4) is 0 Å². The van der Waals surface area contributed by atoms with Crippen LogP contribution in [0.25, 0.3) is 6.08 Å². The summed E-state index contributed by atoms with van der Waals surface area (Å²) in [6, 6.07) is 8.74. The van der Waals surface area contributed by atoms with Crippen molar-refractivity contribution in [3.05, 3.63) is 54.3 Å². The first kappa shape index (κ1) is 43.9. The summed E-state index contributed by atoms with van der Waals surface area (Å²) >= 11 is 0. The Morgan fingerprint density at radius 1 is 0.649 bits per heavy atom. The Kier molecular flexibility index (Phi) is 14.9. The first-order chi connectivity index (χ1) is 26.9. The second kappa shape index (κ2) is 19.4. The second-order valence-electron chi connectivity index (χ2n) is 13.1. The number of carbonyl (C=O) groups excluding carboxylic acids is 8. The van der Waals surface area contributed by atoms with E-state index in [9.17, 15) is 38.4 Å². The summed E-state index contributed by atoms with van der Waals surface area (Å²) in [5.41, 5.74) is -1.58. The van der Waals surface area contributed by atoms with Gasteiger partial charge in [-0.1, -0.05) is 30.3 Å². The normalized spacial score (nSPS) is 30.1. The molecule has 1 saturated carbocycles. The van der Waals surface area contributed by atoms with E-state index in [1.54, 1.807) is 30.3 Å². The molecule has 19 nitrogen and oxygen atoms in total. The molecule has 2 fully saturated rings. The number of ether oxygens (including phenoxy) is 11. The molecule has 1 aromatic rings. The molecule has 0 bridgehead atoms. The first-order valence-electron chi connectivity index (χ1n) is 17.6. The maximum atomic E-state index is 13.2. The minimum atomic E-state index is -2.23. The molecule has 1 saturated heterocycles. The predicted molar refractivity (Wildman–Crippen MR) is 186 cm³/mol. The van der Waals surface area contributed by atoms with Crippen LogP contribution in [0.15, 0.2) is 48.7 Å². The fraction of sp³-hybridized carbons (Fsp3) is 0.526. The van der Waals surface area contributed by atoms with E-state index in [0.29, 0.717) is 5.56 Å². The lowest BCUT2D eigenvalue weighted by Crippen LogP contribution is -2.64. The molecular weight excluding hydrogens is 760 g/mol. The third-order valence-corrected chi connectivity index (χ3v) is 8.74. The zero-order chi connectivity index (χ0) is 42.0. The van der Waals surface area contributed by atoms with Crippen LogP contribution < -0.4 is 0 Å². The fourth-order valence-electron chi connectivity index (χ4n) is 6.93. The highest BCUT2D eigenvalue weighted by Gasteiger charge is 2.71.